The van der Waals surface area contributed by atoms with E-state index >= 15 is 0 Å². The maximum atomic E-state index is 14.1. The number of carboxylic acid groups (broad SMARTS) is 1. The van der Waals surface area contributed by atoms with Crippen molar-refractivity contribution >= 4 is 79.8 Å². The van der Waals surface area contributed by atoms with Crippen LogP contribution in [0.25, 0.3) is 0 Å². The Morgan fingerprint density at radius 2 is 1.73 bits per heavy atom. The number of rotatable bonds is 16. The number of nitrogens with one attached hydrogen (secondary N) is 5. The molecule has 2 bridgehead atoms. The van der Waals surface area contributed by atoms with Crippen LogP contribution in [0.4, 0.5) is 10.9 Å². The van der Waals surface area contributed by atoms with E-state index in [0.29, 0.717) is 12.8 Å². The van der Waals surface area contributed by atoms with Gasteiger partial charge in [0.15, 0.2) is 16.9 Å². The van der Waals surface area contributed by atoms with Crippen molar-refractivity contribution in [3.05, 3.63) is 64.8 Å². The van der Waals surface area contributed by atoms with Gasteiger partial charge in [-0.2, -0.15) is 13.5 Å². The lowest BCUT2D eigenvalue weighted by Crippen LogP contribution is -2.55. The number of aliphatic carboxylic acids is 1. The van der Waals surface area contributed by atoms with E-state index in [4.69, 9.17) is 11.5 Å². The number of nitrogens with zero attached hydrogens (tertiary/aromatic N) is 6. The fraction of sp³-hybridized carbons (Fsp3) is 0.405. The molecular formula is C37H47N13O11S2. The molecule has 63 heavy (non-hydrogen) atoms. The highest BCUT2D eigenvalue weighted by molar-refractivity contribution is 7.85. The molecule has 0 aliphatic carbocycles. The number of aromatic nitrogens is 2. The van der Waals surface area contributed by atoms with E-state index in [-0.39, 0.29) is 83.9 Å². The van der Waals surface area contributed by atoms with Crippen molar-refractivity contribution in [2.75, 3.05) is 32.0 Å². The van der Waals surface area contributed by atoms with E-state index in [1.54, 1.807) is 6.07 Å². The van der Waals surface area contributed by atoms with Gasteiger partial charge in [-0.3, -0.25) is 43.1 Å². The third-order valence-corrected chi connectivity index (χ3v) is 10.9. The highest BCUT2D eigenvalue weighted by atomic mass is 32.2. The predicted octanol–water partition coefficient (Wildman–Crippen LogP) is -0.395. The number of unbranched alkanes of at least 4 members (excludes halogenated alkanes) is 1. The molecule has 0 radical (unpaired) electrons. The number of aliphatic imine (C=N–C) groups is 1. The lowest BCUT2D eigenvalue weighted by atomic mass is 10.0. The van der Waals surface area contributed by atoms with Gasteiger partial charge in [-0.1, -0.05) is 18.2 Å². The molecule has 338 valence electrons. The molecule has 1 aromatic carbocycles. The molecular weight excluding hydrogens is 867 g/mol. The molecule has 3 heterocycles. The molecule has 1 aliphatic rings. The van der Waals surface area contributed by atoms with Gasteiger partial charge in [-0.05, 0) is 55.9 Å². The van der Waals surface area contributed by atoms with Crippen LogP contribution in [0.2, 0.25) is 0 Å². The van der Waals surface area contributed by atoms with E-state index in [0.717, 1.165) is 16.2 Å². The molecule has 0 saturated heterocycles. The molecule has 1 aliphatic heterocycles. The molecule has 0 fully saturated rings. The van der Waals surface area contributed by atoms with Crippen LogP contribution in [-0.2, 0) is 51.9 Å². The maximum absolute atomic E-state index is 14.1. The van der Waals surface area contributed by atoms with Gasteiger partial charge in [-0.25, -0.2) is 9.97 Å². The third kappa shape index (κ3) is 15.8. The van der Waals surface area contributed by atoms with E-state index in [2.05, 4.69) is 51.8 Å². The van der Waals surface area contributed by atoms with Gasteiger partial charge in [0.25, 0.3) is 16.0 Å². The molecule has 0 saturated carbocycles. The van der Waals surface area contributed by atoms with Crippen LogP contribution < -0.4 is 38.1 Å². The molecule has 24 nitrogen and oxygen atoms in total. The van der Waals surface area contributed by atoms with Crippen LogP contribution in [0.3, 0.4) is 0 Å². The quantitative estimate of drug-likeness (QED) is 0.0290. The van der Waals surface area contributed by atoms with Crippen molar-refractivity contribution in [1.29, 1.82) is 0 Å². The van der Waals surface area contributed by atoms with Gasteiger partial charge in [0.2, 0.25) is 29.5 Å². The SMILES string of the molecule is CN1C(=O)[C@@H](CCCCNC(=O)c2ccc(N=NCc3ccccc3S(=O)(=O)O)nc2)NC(=O)Cc2csc(n2)NC(=O)[C@H](CC(=O)O)NC(=O)CNC(=O)[C@@H]1CCCN=C(N)N. The second kappa shape index (κ2) is 23.3. The van der Waals surface area contributed by atoms with Crippen LogP contribution in [0.1, 0.15) is 60.1 Å². The van der Waals surface area contributed by atoms with Crippen molar-refractivity contribution in [1.82, 2.24) is 36.1 Å². The first kappa shape index (κ1) is 48.7. The summed E-state index contributed by atoms with van der Waals surface area (Å²) in [6.45, 7) is -0.567. The van der Waals surface area contributed by atoms with E-state index in [9.17, 15) is 51.6 Å². The van der Waals surface area contributed by atoms with Crippen LogP contribution in [0.5, 0.6) is 0 Å². The molecule has 2 aromatic heterocycles. The number of hydrogen-bond donors (Lipinski definition) is 9. The number of anilines is 1. The Hall–Kier alpha value is -6.93. The monoisotopic (exact) mass is 913 g/mol. The van der Waals surface area contributed by atoms with Crippen LogP contribution in [0, 0.1) is 0 Å². The number of carbonyl (C=O) groups excluding carboxylic acids is 6. The van der Waals surface area contributed by atoms with Crippen LogP contribution >= 0.6 is 11.3 Å². The van der Waals surface area contributed by atoms with Crippen molar-refractivity contribution in [3.63, 3.8) is 0 Å². The van der Waals surface area contributed by atoms with Crippen molar-refractivity contribution in [2.24, 2.45) is 26.7 Å². The van der Waals surface area contributed by atoms with Crippen molar-refractivity contribution in [3.8, 4) is 0 Å². The number of carbonyl (C=O) groups is 7. The number of nitrogens with two attached hydrogens (primary N) is 2. The summed E-state index contributed by atoms with van der Waals surface area (Å²) in [5.41, 5.74) is 11.5. The highest BCUT2D eigenvalue weighted by Gasteiger charge is 2.33. The fourth-order valence-electron chi connectivity index (χ4n) is 6.04. The number of azo groups is 1. The van der Waals surface area contributed by atoms with E-state index < -0.39 is 82.6 Å². The zero-order valence-corrected chi connectivity index (χ0v) is 35.5. The van der Waals surface area contributed by atoms with Crippen LogP contribution in [-0.4, -0.2) is 125 Å². The average Bonchev–Trinajstić information content (AvgIpc) is 3.66. The number of pyridine rings is 1. The zero-order valence-electron chi connectivity index (χ0n) is 33.9. The van der Waals surface area contributed by atoms with Gasteiger partial charge < -0.3 is 48.1 Å². The molecule has 3 aromatic rings. The Labute approximate surface area is 364 Å². The number of thiazole rings is 1. The molecule has 3 atom stereocenters. The van der Waals surface area contributed by atoms with Gasteiger partial charge >= 0.3 is 5.97 Å². The summed E-state index contributed by atoms with van der Waals surface area (Å²) in [6, 6.07) is 4.76. The summed E-state index contributed by atoms with van der Waals surface area (Å²) in [5.74, 6) is -5.69. The summed E-state index contributed by atoms with van der Waals surface area (Å²) >= 11 is 0.950. The second-order valence-corrected chi connectivity index (χ2v) is 16.2. The molecule has 4 rings (SSSR count). The number of benzene rings is 1. The van der Waals surface area contributed by atoms with Gasteiger partial charge in [0.05, 0.1) is 42.1 Å². The minimum Gasteiger partial charge on any atom is -0.481 e. The van der Waals surface area contributed by atoms with E-state index in [1.165, 1.54) is 49.0 Å². The summed E-state index contributed by atoms with van der Waals surface area (Å²) in [7, 11) is -3.10. The van der Waals surface area contributed by atoms with Gasteiger partial charge in [-0.15, -0.1) is 16.5 Å². The summed E-state index contributed by atoms with van der Waals surface area (Å²) in [5, 5.41) is 31.3. The smallest absolute Gasteiger partial charge is 0.305 e. The largest absolute Gasteiger partial charge is 0.481 e. The summed E-state index contributed by atoms with van der Waals surface area (Å²) in [6.07, 6.45) is 1.17. The lowest BCUT2D eigenvalue weighted by molar-refractivity contribution is -0.142. The summed E-state index contributed by atoms with van der Waals surface area (Å²) in [4.78, 5) is 104. The predicted molar refractivity (Wildman–Crippen MR) is 225 cm³/mol. The van der Waals surface area contributed by atoms with Gasteiger partial charge in [0, 0.05) is 31.7 Å². The van der Waals surface area contributed by atoms with Crippen LogP contribution in [0.15, 0.2) is 68.1 Å². The Kier molecular flexibility index (Phi) is 18.0. The minimum absolute atomic E-state index is 0.0229. The zero-order chi connectivity index (χ0) is 46.1. The Bertz CT molecular complexity index is 2320. The first-order valence-electron chi connectivity index (χ1n) is 19.2. The van der Waals surface area contributed by atoms with Crippen molar-refractivity contribution < 1.29 is 51.6 Å². The maximum Gasteiger partial charge on any atom is 0.305 e. The standard InChI is InChI=1S/C37H47N13O11S2/c1-50-26(9-6-14-41-36(38)39)34(57)43-19-30(52)47-25(16-31(53)54)33(56)48-37-45-23(20-62-37)15-29(51)46-24(35(50)58)8-4-5-13-40-32(55)22-11-12-28(42-17-22)49-44-18-21-7-2-3-10-27(21)63(59,60)61/h2-3,7,10-12,17,20,24-26H,4-6,8-9,13-16,18-19H2,1H3,(H,40,55)(H,43,57)(H,46,51)(H,47,52)(H,53,54)(H4,38,39,41)(H,45,48,56)(H,59,60,61)/t24-,25+,26+/m1/s1. The molecule has 0 unspecified atom stereocenters. The second-order valence-electron chi connectivity index (χ2n) is 13.9. The molecule has 6 amide bonds. The average molecular weight is 914 g/mol. The first-order chi connectivity index (χ1) is 29.9. The highest BCUT2D eigenvalue weighted by Crippen LogP contribution is 2.19. The number of fused-ring (bicyclic) bond motifs is 2. The van der Waals surface area contributed by atoms with Gasteiger partial charge in [0.1, 0.15) is 18.1 Å². The topological polar surface area (TPSA) is 372 Å². The van der Waals surface area contributed by atoms with Crippen molar-refractivity contribution in [2.45, 2.75) is 74.5 Å². The first-order valence-corrected chi connectivity index (χ1v) is 21.6. The van der Waals surface area contributed by atoms with E-state index in [1.807, 2.05) is 0 Å². The fourth-order valence-corrected chi connectivity index (χ4v) is 7.47. The Balaban J connectivity index is 1.42. The number of amides is 6. The number of guanidine groups is 1. The number of carboxylic acids is 1. The lowest BCUT2D eigenvalue weighted by Gasteiger charge is -2.31. The number of likely N-dealkylation sites (N-methyl/N-ethyl adjacent to an activating group) is 1. The third-order valence-electron chi connectivity index (χ3n) is 9.14. The molecule has 26 heteroatoms. The Morgan fingerprint density at radius 1 is 0.984 bits per heavy atom. The minimum atomic E-state index is -4.45. The summed E-state index contributed by atoms with van der Waals surface area (Å²) < 4.78 is 32.6. The number of hydrogen-bond acceptors (Lipinski definition) is 15. The normalized spacial score (nSPS) is 18.0. The molecule has 0 spiro atoms. The Morgan fingerprint density at radius 3 is 2.43 bits per heavy atom. The molecule has 11 N–H and O–H groups in total.